The smallest absolute Gasteiger partial charge is 0.462 e. The van der Waals surface area contributed by atoms with Gasteiger partial charge in [0, 0.05) is 19.0 Å². The number of phosphoric ester groups is 2. The third-order valence-electron chi connectivity index (χ3n) is 11.6. The van der Waals surface area contributed by atoms with Gasteiger partial charge in [-0.25, -0.2) is 13.9 Å². The normalized spacial score (nSPS) is 22.6. The Hall–Kier alpha value is -3.06. The number of aromatic nitrogens is 2. The zero-order valence-corrected chi connectivity index (χ0v) is 42.6. The first-order valence-corrected chi connectivity index (χ1v) is 28.1. The van der Waals surface area contributed by atoms with Crippen molar-refractivity contribution in [3.8, 4) is 0 Å². The molecule has 3 heterocycles. The Labute approximate surface area is 408 Å². The van der Waals surface area contributed by atoms with Crippen LogP contribution in [0.2, 0.25) is 0 Å². The number of carbonyl (C=O) groups excluding carboxylic acids is 2. The van der Waals surface area contributed by atoms with Gasteiger partial charge in [0.1, 0.15) is 30.7 Å². The Balaban J connectivity index is 1.41. The Bertz CT molecular complexity index is 1860. The first-order valence-electron chi connectivity index (χ1n) is 25.1. The average Bonchev–Trinajstić information content (AvgIpc) is 3.99. The lowest BCUT2D eigenvalue weighted by molar-refractivity contribution is -0.161. The average molecular weight is 1020 g/mol. The molecule has 0 aromatic carbocycles. The zero-order valence-electron chi connectivity index (χ0n) is 40.8. The standard InChI is InChI=1S/C48H81N3O16P2/c1-3-5-7-9-11-12-13-14-15-16-17-18-19-23-28-32-44(53)64-38(35-61-43(52)31-27-24-20-22-26-30-40-39(65-40)29-25-21-10-8-6-4-2)36-62-68(57,58)67-69(59,60)63-37-41-45(54)46(55)47(66-41)51-34-33-42(49)50-48(51)56/h12-15,21,25,33-34,38-41,45-47,54-55H,3-11,16-20,22-24,26-32,35-37H2,1-2H3,(H,57,58)(H,59,60)(H2,49,50,56)/b13-12-,15-14-,25-21-/t38-,39?,40?,41-,45-,46-,47-/m1/s1. The molecule has 0 radical (unpaired) electrons. The van der Waals surface area contributed by atoms with E-state index in [9.17, 15) is 43.5 Å². The molecule has 0 spiro atoms. The summed E-state index contributed by atoms with van der Waals surface area (Å²) in [6.45, 7) is 2.06. The maximum absolute atomic E-state index is 12.9. The number of hydrogen-bond acceptors (Lipinski definition) is 16. The fraction of sp³-hybridized carbons (Fsp3) is 0.750. The molecule has 2 fully saturated rings. The van der Waals surface area contributed by atoms with Gasteiger partial charge in [0.2, 0.25) is 0 Å². The lowest BCUT2D eigenvalue weighted by Crippen LogP contribution is -2.36. The number of hydrogen-bond donors (Lipinski definition) is 5. The molecule has 9 atom stereocenters. The van der Waals surface area contributed by atoms with E-state index < -0.39 is 83.7 Å². The third kappa shape index (κ3) is 26.8. The van der Waals surface area contributed by atoms with E-state index in [0.717, 1.165) is 94.2 Å². The molecule has 0 amide bonds. The van der Waals surface area contributed by atoms with Crippen LogP contribution in [0.5, 0.6) is 0 Å². The molecule has 3 rings (SSSR count). The number of ether oxygens (including phenoxy) is 4. The quantitative estimate of drug-likeness (QED) is 0.0102. The summed E-state index contributed by atoms with van der Waals surface area (Å²) in [6, 6.07) is 1.25. The van der Waals surface area contributed by atoms with E-state index in [0.29, 0.717) is 25.0 Å². The van der Waals surface area contributed by atoms with Gasteiger partial charge in [0.05, 0.1) is 25.4 Å². The highest BCUT2D eigenvalue weighted by Crippen LogP contribution is 2.60. The van der Waals surface area contributed by atoms with Crippen molar-refractivity contribution >= 4 is 33.4 Å². The van der Waals surface area contributed by atoms with E-state index in [1.54, 1.807) is 0 Å². The largest absolute Gasteiger partial charge is 0.481 e. The fourth-order valence-corrected chi connectivity index (χ4v) is 9.71. The summed E-state index contributed by atoms with van der Waals surface area (Å²) in [5.41, 5.74) is 4.58. The van der Waals surface area contributed by atoms with Gasteiger partial charge in [-0.3, -0.25) is 23.2 Å². The minimum atomic E-state index is -5.43. The van der Waals surface area contributed by atoms with E-state index in [-0.39, 0.29) is 18.7 Å². The van der Waals surface area contributed by atoms with Crippen LogP contribution in [0.4, 0.5) is 5.82 Å². The molecular weight excluding hydrogens is 936 g/mol. The first-order chi connectivity index (χ1) is 33.1. The van der Waals surface area contributed by atoms with E-state index >= 15 is 0 Å². The topological polar surface area (TPSA) is 278 Å². The molecule has 2 aliphatic rings. The van der Waals surface area contributed by atoms with Crippen molar-refractivity contribution in [3.05, 3.63) is 59.2 Å². The highest BCUT2D eigenvalue weighted by atomic mass is 31.3. The van der Waals surface area contributed by atoms with E-state index in [1.807, 2.05) is 0 Å². The molecule has 69 heavy (non-hydrogen) atoms. The van der Waals surface area contributed by atoms with E-state index in [4.69, 9.17) is 33.7 Å². The number of phosphoric acid groups is 2. The van der Waals surface area contributed by atoms with Crippen LogP contribution in [-0.2, 0) is 51.0 Å². The van der Waals surface area contributed by atoms with Gasteiger partial charge in [-0.1, -0.05) is 127 Å². The number of carbonyl (C=O) groups is 2. The summed E-state index contributed by atoms with van der Waals surface area (Å²) in [5, 5.41) is 20.9. The minimum Gasteiger partial charge on any atom is -0.462 e. The number of esters is 2. The Morgan fingerprint density at radius 1 is 0.725 bits per heavy atom. The van der Waals surface area contributed by atoms with Gasteiger partial charge >= 0.3 is 33.3 Å². The highest BCUT2D eigenvalue weighted by Gasteiger charge is 2.46. The second-order valence-corrected chi connectivity index (χ2v) is 20.8. The number of nitrogen functional groups attached to an aromatic ring is 1. The number of allylic oxidation sites excluding steroid dienone is 5. The molecule has 0 bridgehead atoms. The van der Waals surface area contributed by atoms with Gasteiger partial charge in [-0.2, -0.15) is 9.29 Å². The molecule has 394 valence electrons. The molecule has 0 aliphatic carbocycles. The lowest BCUT2D eigenvalue weighted by atomic mass is 10.1. The molecule has 2 aliphatic heterocycles. The number of unbranched alkanes of at least 4 members (excludes halogenated alkanes) is 16. The molecule has 2 saturated heterocycles. The van der Waals surface area contributed by atoms with Crippen LogP contribution in [0.25, 0.3) is 0 Å². The second kappa shape index (κ2) is 34.3. The van der Waals surface area contributed by atoms with Crippen LogP contribution in [-0.4, -0.2) is 97.9 Å². The molecule has 4 unspecified atom stereocenters. The van der Waals surface area contributed by atoms with Crippen LogP contribution in [0.1, 0.15) is 174 Å². The van der Waals surface area contributed by atoms with Crippen molar-refractivity contribution in [3.63, 3.8) is 0 Å². The van der Waals surface area contributed by atoms with Gasteiger partial charge in [0.15, 0.2) is 12.3 Å². The number of aliphatic hydroxyl groups excluding tert-OH is 2. The van der Waals surface area contributed by atoms with Crippen molar-refractivity contribution in [1.29, 1.82) is 0 Å². The Kier molecular flexibility index (Phi) is 30.0. The summed E-state index contributed by atoms with van der Waals surface area (Å²) >= 11 is 0. The summed E-state index contributed by atoms with van der Waals surface area (Å²) < 4.78 is 62.6. The maximum atomic E-state index is 12.9. The molecular formula is C48H81N3O16P2. The predicted molar refractivity (Wildman–Crippen MR) is 261 cm³/mol. The molecule has 19 nitrogen and oxygen atoms in total. The van der Waals surface area contributed by atoms with Gasteiger partial charge in [-0.05, 0) is 70.3 Å². The van der Waals surface area contributed by atoms with E-state index in [2.05, 4.69) is 59.6 Å². The number of anilines is 1. The van der Waals surface area contributed by atoms with Crippen LogP contribution in [0, 0.1) is 0 Å². The van der Waals surface area contributed by atoms with Gasteiger partial charge < -0.3 is 44.7 Å². The van der Waals surface area contributed by atoms with Gasteiger partial charge in [-0.15, -0.1) is 0 Å². The van der Waals surface area contributed by atoms with Crippen molar-refractivity contribution in [2.24, 2.45) is 0 Å². The van der Waals surface area contributed by atoms with Gasteiger partial charge in [0.25, 0.3) is 0 Å². The molecule has 1 aromatic heterocycles. The maximum Gasteiger partial charge on any atom is 0.481 e. The monoisotopic (exact) mass is 1020 g/mol. The second-order valence-electron chi connectivity index (χ2n) is 17.7. The predicted octanol–water partition coefficient (Wildman–Crippen LogP) is 8.99. The molecule has 6 N–H and O–H groups in total. The number of nitrogens with zero attached hydrogens (tertiary/aromatic N) is 2. The van der Waals surface area contributed by atoms with Crippen LogP contribution < -0.4 is 11.4 Å². The first kappa shape index (κ1) is 60.2. The number of rotatable bonds is 40. The van der Waals surface area contributed by atoms with E-state index in [1.165, 1.54) is 51.0 Å². The SMILES string of the molecule is CCCCC/C=C\CC1OC1CCCCCCCC(=O)OC[C@H](COP(=O)(O)OP(=O)(O)OC[C@H]1O[C@@H](n2ccc(N)nc2=O)[C@H](O)[C@@H]1O)OC(=O)CCCCCCC/C=C\C=C/CCCCCC. The Morgan fingerprint density at radius 2 is 1.30 bits per heavy atom. The van der Waals surface area contributed by atoms with Crippen molar-refractivity contribution in [2.75, 3.05) is 25.6 Å². The number of nitrogens with two attached hydrogens (primary N) is 1. The van der Waals surface area contributed by atoms with Crippen LogP contribution in [0.3, 0.4) is 0 Å². The summed E-state index contributed by atoms with van der Waals surface area (Å²) in [5.74, 6) is -1.34. The number of aliphatic hydroxyl groups is 2. The van der Waals surface area contributed by atoms with Crippen LogP contribution >= 0.6 is 15.6 Å². The summed E-state index contributed by atoms with van der Waals surface area (Å²) in [7, 11) is -10.9. The van der Waals surface area contributed by atoms with Crippen molar-refractivity contribution in [2.45, 2.75) is 211 Å². The summed E-state index contributed by atoms with van der Waals surface area (Å²) in [4.78, 5) is 61.9. The minimum absolute atomic E-state index is 0.0260. The lowest BCUT2D eigenvalue weighted by Gasteiger charge is -2.21. The fourth-order valence-electron chi connectivity index (χ4n) is 7.60. The van der Waals surface area contributed by atoms with Crippen molar-refractivity contribution in [1.82, 2.24) is 9.55 Å². The third-order valence-corrected chi connectivity index (χ3v) is 14.3. The molecule has 21 heteroatoms. The summed E-state index contributed by atoms with van der Waals surface area (Å²) in [6.07, 6.45) is 29.5. The van der Waals surface area contributed by atoms with Crippen LogP contribution in [0.15, 0.2) is 53.5 Å². The van der Waals surface area contributed by atoms with Crippen molar-refractivity contribution < 1.29 is 71.0 Å². The number of epoxide rings is 1. The zero-order chi connectivity index (χ0) is 50.3. The highest BCUT2D eigenvalue weighted by molar-refractivity contribution is 7.61. The Morgan fingerprint density at radius 3 is 1.99 bits per heavy atom. The molecule has 0 saturated carbocycles. The molecule has 1 aromatic rings.